The van der Waals surface area contributed by atoms with Crippen LogP contribution in [0.1, 0.15) is 17.9 Å². The van der Waals surface area contributed by atoms with Gasteiger partial charge in [-0.1, -0.05) is 60.7 Å². The van der Waals surface area contributed by atoms with Crippen LogP contribution in [0.4, 0.5) is 0 Å². The standard InChI is InChI=1S/C20H18O4S/c21-20(22)13-18(15-6-2-1-3-7-15)14-25(23,24)19-11-10-16-8-4-5-9-17(16)12-19/h1-12,18H,13-14H2,(H,21,22)/t18-/m0/s1. The maximum Gasteiger partial charge on any atom is 0.303 e. The summed E-state index contributed by atoms with van der Waals surface area (Å²) in [6.07, 6.45) is -0.225. The maximum absolute atomic E-state index is 12.8. The summed E-state index contributed by atoms with van der Waals surface area (Å²) >= 11 is 0. The summed E-state index contributed by atoms with van der Waals surface area (Å²) in [5.74, 6) is -1.83. The van der Waals surface area contributed by atoms with E-state index in [-0.39, 0.29) is 17.1 Å². The first kappa shape index (κ1) is 17.2. The molecule has 3 aromatic carbocycles. The Kier molecular flexibility index (Phi) is 4.86. The molecule has 0 aliphatic heterocycles. The molecule has 128 valence electrons. The summed E-state index contributed by atoms with van der Waals surface area (Å²) < 4.78 is 25.7. The van der Waals surface area contributed by atoms with Crippen molar-refractivity contribution in [3.05, 3.63) is 78.4 Å². The molecule has 0 heterocycles. The summed E-state index contributed by atoms with van der Waals surface area (Å²) in [6, 6.07) is 21.5. The Morgan fingerprint density at radius 2 is 1.52 bits per heavy atom. The van der Waals surface area contributed by atoms with E-state index in [2.05, 4.69) is 0 Å². The van der Waals surface area contributed by atoms with Gasteiger partial charge in [0, 0.05) is 5.92 Å². The summed E-state index contributed by atoms with van der Waals surface area (Å²) in [7, 11) is -3.61. The van der Waals surface area contributed by atoms with E-state index < -0.39 is 21.7 Å². The van der Waals surface area contributed by atoms with Gasteiger partial charge in [-0.25, -0.2) is 8.42 Å². The molecule has 0 saturated carbocycles. The van der Waals surface area contributed by atoms with Gasteiger partial charge in [0.05, 0.1) is 17.1 Å². The highest BCUT2D eigenvalue weighted by Gasteiger charge is 2.25. The van der Waals surface area contributed by atoms with Gasteiger partial charge < -0.3 is 5.11 Å². The van der Waals surface area contributed by atoms with Gasteiger partial charge in [-0.15, -0.1) is 0 Å². The average Bonchev–Trinajstić information content (AvgIpc) is 2.61. The van der Waals surface area contributed by atoms with Crippen molar-refractivity contribution in [1.29, 1.82) is 0 Å². The fourth-order valence-corrected chi connectivity index (χ4v) is 4.55. The van der Waals surface area contributed by atoms with Crippen LogP contribution < -0.4 is 0 Å². The summed E-state index contributed by atoms with van der Waals surface area (Å²) in [6.45, 7) is 0. The highest BCUT2D eigenvalue weighted by Crippen LogP contribution is 2.26. The molecule has 0 bridgehead atoms. The van der Waals surface area contributed by atoms with Gasteiger partial charge >= 0.3 is 5.97 Å². The molecule has 0 radical (unpaired) electrons. The van der Waals surface area contributed by atoms with Gasteiger partial charge in [-0.05, 0) is 28.5 Å². The van der Waals surface area contributed by atoms with E-state index in [1.54, 1.807) is 42.5 Å². The number of hydrogen-bond acceptors (Lipinski definition) is 3. The molecule has 0 fully saturated rings. The molecule has 0 amide bonds. The van der Waals surface area contributed by atoms with Crippen molar-refractivity contribution in [2.45, 2.75) is 17.2 Å². The second kappa shape index (κ2) is 7.07. The van der Waals surface area contributed by atoms with Crippen LogP contribution in [0.2, 0.25) is 0 Å². The maximum atomic E-state index is 12.8. The van der Waals surface area contributed by atoms with E-state index in [9.17, 15) is 13.2 Å². The second-order valence-electron chi connectivity index (χ2n) is 6.00. The van der Waals surface area contributed by atoms with Crippen LogP contribution in [-0.4, -0.2) is 25.2 Å². The predicted octanol–water partition coefficient (Wildman–Crippen LogP) is 3.87. The molecule has 4 nitrogen and oxygen atoms in total. The van der Waals surface area contributed by atoms with Crippen LogP contribution in [0.3, 0.4) is 0 Å². The fourth-order valence-electron chi connectivity index (χ4n) is 2.93. The smallest absolute Gasteiger partial charge is 0.303 e. The van der Waals surface area contributed by atoms with E-state index >= 15 is 0 Å². The zero-order chi connectivity index (χ0) is 17.9. The monoisotopic (exact) mass is 354 g/mol. The van der Waals surface area contributed by atoms with Gasteiger partial charge in [0.2, 0.25) is 0 Å². The quantitative estimate of drug-likeness (QED) is 0.729. The number of sulfone groups is 1. The van der Waals surface area contributed by atoms with Crippen molar-refractivity contribution in [2.75, 3.05) is 5.75 Å². The molecule has 0 spiro atoms. The van der Waals surface area contributed by atoms with Gasteiger partial charge in [0.15, 0.2) is 9.84 Å². The Morgan fingerprint density at radius 3 is 2.20 bits per heavy atom. The third-order valence-electron chi connectivity index (χ3n) is 4.19. The number of hydrogen-bond donors (Lipinski definition) is 1. The van der Waals surface area contributed by atoms with E-state index in [0.717, 1.165) is 10.8 Å². The first-order chi connectivity index (χ1) is 12.0. The Morgan fingerprint density at radius 1 is 0.880 bits per heavy atom. The third kappa shape index (κ3) is 4.06. The molecular weight excluding hydrogens is 336 g/mol. The predicted molar refractivity (Wildman–Crippen MR) is 97.4 cm³/mol. The lowest BCUT2D eigenvalue weighted by molar-refractivity contribution is -0.137. The molecule has 1 N–H and O–H groups in total. The zero-order valence-electron chi connectivity index (χ0n) is 13.5. The number of carboxylic acid groups (broad SMARTS) is 1. The number of benzene rings is 3. The lowest BCUT2D eigenvalue weighted by atomic mass is 9.98. The Hall–Kier alpha value is -2.66. The third-order valence-corrected chi connectivity index (χ3v) is 6.01. The molecule has 0 aromatic heterocycles. The molecule has 5 heteroatoms. The summed E-state index contributed by atoms with van der Waals surface area (Å²) in [4.78, 5) is 11.4. The second-order valence-corrected chi connectivity index (χ2v) is 8.03. The Labute approximate surface area is 146 Å². The van der Waals surface area contributed by atoms with Gasteiger partial charge in [0.25, 0.3) is 0 Å². The molecule has 3 rings (SSSR count). The molecule has 0 aliphatic rings. The van der Waals surface area contributed by atoms with Crippen molar-refractivity contribution >= 4 is 26.6 Å². The zero-order valence-corrected chi connectivity index (χ0v) is 14.3. The van der Waals surface area contributed by atoms with Crippen LogP contribution in [0, 0.1) is 0 Å². The number of fused-ring (bicyclic) bond motifs is 1. The largest absolute Gasteiger partial charge is 0.481 e. The van der Waals surface area contributed by atoms with Crippen molar-refractivity contribution in [3.8, 4) is 0 Å². The van der Waals surface area contributed by atoms with Gasteiger partial charge in [-0.3, -0.25) is 4.79 Å². The van der Waals surface area contributed by atoms with Crippen LogP contribution in [0.25, 0.3) is 10.8 Å². The van der Waals surface area contributed by atoms with Crippen molar-refractivity contribution < 1.29 is 18.3 Å². The Bertz CT molecular complexity index is 994. The minimum atomic E-state index is -3.61. The summed E-state index contributed by atoms with van der Waals surface area (Å²) in [5, 5.41) is 11.0. The Balaban J connectivity index is 1.95. The van der Waals surface area contributed by atoms with Crippen LogP contribution in [0.5, 0.6) is 0 Å². The van der Waals surface area contributed by atoms with Crippen molar-refractivity contribution in [3.63, 3.8) is 0 Å². The van der Waals surface area contributed by atoms with Crippen LogP contribution in [0.15, 0.2) is 77.7 Å². The van der Waals surface area contributed by atoms with E-state index in [1.165, 1.54) is 0 Å². The highest BCUT2D eigenvalue weighted by molar-refractivity contribution is 7.91. The van der Waals surface area contributed by atoms with E-state index in [4.69, 9.17) is 5.11 Å². The molecular formula is C20H18O4S. The molecule has 1 atom stereocenters. The lowest BCUT2D eigenvalue weighted by Crippen LogP contribution is -2.18. The summed E-state index contributed by atoms with van der Waals surface area (Å²) in [5.41, 5.74) is 0.717. The molecule has 0 aliphatic carbocycles. The topological polar surface area (TPSA) is 71.4 Å². The lowest BCUT2D eigenvalue weighted by Gasteiger charge is -2.16. The highest BCUT2D eigenvalue weighted by atomic mass is 32.2. The SMILES string of the molecule is O=C(O)C[C@@H](CS(=O)(=O)c1ccc2ccccc2c1)c1ccccc1. The van der Waals surface area contributed by atoms with Gasteiger partial charge in [-0.2, -0.15) is 0 Å². The van der Waals surface area contributed by atoms with E-state index in [1.807, 2.05) is 30.3 Å². The van der Waals surface area contributed by atoms with Crippen LogP contribution >= 0.6 is 0 Å². The molecule has 0 unspecified atom stereocenters. The molecule has 25 heavy (non-hydrogen) atoms. The number of carboxylic acids is 1. The van der Waals surface area contributed by atoms with Crippen LogP contribution in [-0.2, 0) is 14.6 Å². The number of aliphatic carboxylic acids is 1. The first-order valence-corrected chi connectivity index (χ1v) is 9.59. The molecule has 3 aromatic rings. The number of rotatable bonds is 6. The first-order valence-electron chi connectivity index (χ1n) is 7.94. The van der Waals surface area contributed by atoms with Crippen molar-refractivity contribution in [1.82, 2.24) is 0 Å². The van der Waals surface area contributed by atoms with Crippen molar-refractivity contribution in [2.24, 2.45) is 0 Å². The molecule has 0 saturated heterocycles. The van der Waals surface area contributed by atoms with Gasteiger partial charge in [0.1, 0.15) is 0 Å². The minimum Gasteiger partial charge on any atom is -0.481 e. The number of carbonyl (C=O) groups is 1. The average molecular weight is 354 g/mol. The fraction of sp³-hybridized carbons (Fsp3) is 0.150. The minimum absolute atomic E-state index is 0.220. The normalized spacial score (nSPS) is 12.8. The van der Waals surface area contributed by atoms with E-state index in [0.29, 0.717) is 5.56 Å².